The minimum absolute atomic E-state index is 0.446. The van der Waals surface area contributed by atoms with Crippen molar-refractivity contribution in [2.45, 2.75) is 94.9 Å². The summed E-state index contributed by atoms with van der Waals surface area (Å²) in [5, 5.41) is 0. The Morgan fingerprint density at radius 2 is 1.45 bits per heavy atom. The van der Waals surface area contributed by atoms with Gasteiger partial charge in [0.2, 0.25) is 0 Å². The van der Waals surface area contributed by atoms with Gasteiger partial charge >= 0.3 is 4.83 Å². The Bertz CT molecular complexity index is 666. The minimum atomic E-state index is -3.69. The van der Waals surface area contributed by atoms with Crippen LogP contribution in [0.2, 0.25) is 0 Å². The van der Waals surface area contributed by atoms with Gasteiger partial charge in [0.1, 0.15) is 17.2 Å². The monoisotopic (exact) mass is 506 g/mol. The molecule has 1 aromatic rings. The van der Waals surface area contributed by atoms with Gasteiger partial charge in [0.15, 0.2) is 0 Å². The first-order valence-corrected chi connectivity index (χ1v) is 12.7. The van der Waals surface area contributed by atoms with Gasteiger partial charge in [-0.05, 0) is 110 Å². The SMILES string of the molecule is CCOC1CCC(C2CCC(CCCCc3cc(F)c(C(F)(F)Br)c(F)c3)CC2)CC1. The summed E-state index contributed by atoms with van der Waals surface area (Å²) in [6, 6.07) is 2.08. The van der Waals surface area contributed by atoms with Gasteiger partial charge in [-0.3, -0.25) is 0 Å². The number of hydrogen-bond acceptors (Lipinski definition) is 1. The van der Waals surface area contributed by atoms with Crippen LogP contribution >= 0.6 is 15.9 Å². The highest BCUT2D eigenvalue weighted by Gasteiger charge is 2.35. The van der Waals surface area contributed by atoms with Crippen molar-refractivity contribution in [2.75, 3.05) is 6.61 Å². The Kier molecular flexibility index (Phi) is 9.27. The van der Waals surface area contributed by atoms with Gasteiger partial charge < -0.3 is 4.74 Å². The number of aryl methyl sites for hydroxylation is 1. The van der Waals surface area contributed by atoms with Crippen molar-refractivity contribution in [1.82, 2.24) is 0 Å². The largest absolute Gasteiger partial charge is 0.379 e. The van der Waals surface area contributed by atoms with Crippen LogP contribution in [-0.2, 0) is 16.0 Å². The van der Waals surface area contributed by atoms with Gasteiger partial charge in [0.25, 0.3) is 0 Å². The van der Waals surface area contributed by atoms with Crippen LogP contribution in [0.5, 0.6) is 0 Å². The quantitative estimate of drug-likeness (QED) is 0.185. The van der Waals surface area contributed by atoms with Gasteiger partial charge in [-0.2, -0.15) is 8.78 Å². The second kappa shape index (κ2) is 11.5. The van der Waals surface area contributed by atoms with Crippen molar-refractivity contribution >= 4 is 15.9 Å². The molecule has 2 saturated carbocycles. The molecule has 176 valence electrons. The molecule has 0 amide bonds. The molecule has 1 nitrogen and oxygen atoms in total. The normalized spacial score (nSPS) is 27.4. The van der Waals surface area contributed by atoms with Gasteiger partial charge in [-0.1, -0.05) is 25.7 Å². The van der Waals surface area contributed by atoms with Gasteiger partial charge in [-0.25, -0.2) is 8.78 Å². The molecule has 0 aliphatic heterocycles. The second-order valence-electron chi connectivity index (χ2n) is 9.45. The first-order valence-electron chi connectivity index (χ1n) is 11.9. The van der Waals surface area contributed by atoms with Crippen LogP contribution in [0.15, 0.2) is 12.1 Å². The van der Waals surface area contributed by atoms with Crippen molar-refractivity contribution in [2.24, 2.45) is 17.8 Å². The first-order chi connectivity index (χ1) is 14.8. The van der Waals surface area contributed by atoms with Crippen molar-refractivity contribution in [3.05, 3.63) is 34.9 Å². The highest BCUT2D eigenvalue weighted by Crippen LogP contribution is 2.42. The fraction of sp³-hybridized carbons (Fsp3) is 0.760. The van der Waals surface area contributed by atoms with E-state index in [0.29, 0.717) is 18.1 Å². The number of hydrogen-bond donors (Lipinski definition) is 0. The number of unbranched alkanes of at least 4 members (excludes halogenated alkanes) is 1. The summed E-state index contributed by atoms with van der Waals surface area (Å²) in [5.74, 6) is 0.114. The predicted octanol–water partition coefficient (Wildman–Crippen LogP) is 8.52. The maximum Gasteiger partial charge on any atom is 0.332 e. The van der Waals surface area contributed by atoms with Gasteiger partial charge in [0, 0.05) is 6.61 Å². The molecule has 2 fully saturated rings. The van der Waals surface area contributed by atoms with Crippen LogP contribution in [0.3, 0.4) is 0 Å². The lowest BCUT2D eigenvalue weighted by Crippen LogP contribution is -2.28. The Balaban J connectivity index is 1.35. The van der Waals surface area contributed by atoms with Crippen LogP contribution in [0.25, 0.3) is 0 Å². The van der Waals surface area contributed by atoms with Crippen LogP contribution in [0, 0.1) is 29.4 Å². The Morgan fingerprint density at radius 3 is 1.97 bits per heavy atom. The van der Waals surface area contributed by atoms with Crippen molar-refractivity contribution in [3.63, 3.8) is 0 Å². The highest BCUT2D eigenvalue weighted by molar-refractivity contribution is 9.09. The minimum Gasteiger partial charge on any atom is -0.379 e. The number of halogens is 5. The third kappa shape index (κ3) is 7.18. The summed E-state index contributed by atoms with van der Waals surface area (Å²) in [4.78, 5) is -3.69. The van der Waals surface area contributed by atoms with E-state index >= 15 is 0 Å². The second-order valence-corrected chi connectivity index (χ2v) is 10.4. The number of ether oxygens (including phenoxy) is 1. The molecule has 0 radical (unpaired) electrons. The standard InChI is InChI=1S/C25H35BrF4O/c1-2-31-21-13-11-20(12-14-21)19-9-7-17(8-10-19)5-3-4-6-18-15-22(27)24(23(28)16-18)25(26,29)30/h15-17,19-21H,2-14H2,1H3. The summed E-state index contributed by atoms with van der Waals surface area (Å²) in [6.45, 7) is 2.90. The zero-order valence-corrected chi connectivity index (χ0v) is 20.0. The van der Waals surface area contributed by atoms with Crippen LogP contribution in [0.4, 0.5) is 17.6 Å². The summed E-state index contributed by atoms with van der Waals surface area (Å²) in [5.41, 5.74) is -0.763. The Hall–Kier alpha value is -0.620. The van der Waals surface area contributed by atoms with E-state index in [9.17, 15) is 17.6 Å². The van der Waals surface area contributed by atoms with E-state index in [0.717, 1.165) is 55.8 Å². The van der Waals surface area contributed by atoms with E-state index in [2.05, 4.69) is 6.92 Å². The molecule has 0 bridgehead atoms. The van der Waals surface area contributed by atoms with Gasteiger partial charge in [-0.15, -0.1) is 0 Å². The predicted molar refractivity (Wildman–Crippen MR) is 120 cm³/mol. The smallest absolute Gasteiger partial charge is 0.332 e. The molecule has 0 aromatic heterocycles. The Labute approximate surface area is 192 Å². The maximum absolute atomic E-state index is 13.9. The summed E-state index contributed by atoms with van der Waals surface area (Å²) >= 11 is 2.04. The van der Waals surface area contributed by atoms with E-state index in [1.807, 2.05) is 15.9 Å². The highest BCUT2D eigenvalue weighted by atomic mass is 79.9. The van der Waals surface area contributed by atoms with E-state index < -0.39 is 22.0 Å². The lowest BCUT2D eigenvalue weighted by molar-refractivity contribution is 0.0134. The zero-order chi connectivity index (χ0) is 22.4. The summed E-state index contributed by atoms with van der Waals surface area (Å²) < 4.78 is 60.1. The molecule has 3 rings (SSSR count). The molecule has 2 aliphatic carbocycles. The first kappa shape index (κ1) is 25.0. The molecule has 0 N–H and O–H groups in total. The maximum atomic E-state index is 13.9. The third-order valence-electron chi connectivity index (χ3n) is 7.39. The van der Waals surface area contributed by atoms with Crippen LogP contribution in [-0.4, -0.2) is 12.7 Å². The van der Waals surface area contributed by atoms with E-state index in [1.165, 1.54) is 51.4 Å². The summed E-state index contributed by atoms with van der Waals surface area (Å²) in [6.07, 6.45) is 14.3. The van der Waals surface area contributed by atoms with Crippen LogP contribution in [0.1, 0.15) is 88.7 Å². The third-order valence-corrected chi connectivity index (χ3v) is 7.79. The fourth-order valence-electron chi connectivity index (χ4n) is 5.71. The summed E-state index contributed by atoms with van der Waals surface area (Å²) in [7, 11) is 0. The molecule has 6 heteroatoms. The molecule has 0 spiro atoms. The van der Waals surface area contributed by atoms with E-state index in [4.69, 9.17) is 4.74 Å². The number of alkyl halides is 3. The van der Waals surface area contributed by atoms with Crippen molar-refractivity contribution in [3.8, 4) is 0 Å². The van der Waals surface area contributed by atoms with Crippen molar-refractivity contribution in [1.29, 1.82) is 0 Å². The number of rotatable bonds is 9. The molecule has 31 heavy (non-hydrogen) atoms. The average Bonchev–Trinajstić information content (AvgIpc) is 2.71. The van der Waals surface area contributed by atoms with E-state index in [1.54, 1.807) is 0 Å². The lowest BCUT2D eigenvalue weighted by Gasteiger charge is -2.37. The van der Waals surface area contributed by atoms with Gasteiger partial charge in [0.05, 0.1) is 6.10 Å². The molecular formula is C25H35BrF4O. The molecular weight excluding hydrogens is 472 g/mol. The van der Waals surface area contributed by atoms with Crippen molar-refractivity contribution < 1.29 is 22.3 Å². The lowest BCUT2D eigenvalue weighted by atomic mass is 9.70. The molecule has 0 atom stereocenters. The fourth-order valence-corrected chi connectivity index (χ4v) is 6.09. The Morgan fingerprint density at radius 1 is 0.903 bits per heavy atom. The van der Waals surface area contributed by atoms with Crippen LogP contribution < -0.4 is 0 Å². The van der Waals surface area contributed by atoms with E-state index in [-0.39, 0.29) is 0 Å². The molecule has 1 aromatic carbocycles. The topological polar surface area (TPSA) is 9.23 Å². The average molecular weight is 507 g/mol. The zero-order valence-electron chi connectivity index (χ0n) is 18.5. The molecule has 0 unspecified atom stereocenters. The number of benzene rings is 1. The molecule has 0 saturated heterocycles. The molecule has 2 aliphatic rings. The molecule has 0 heterocycles.